The summed E-state index contributed by atoms with van der Waals surface area (Å²) < 4.78 is 44.4. The molecule has 0 saturated carbocycles. The summed E-state index contributed by atoms with van der Waals surface area (Å²) in [6.07, 6.45) is -4.74. The molecule has 0 radical (unpaired) electrons. The molecule has 152 valence electrons. The van der Waals surface area contributed by atoms with Crippen molar-refractivity contribution >= 4 is 40.1 Å². The van der Waals surface area contributed by atoms with Crippen LogP contribution in [0.3, 0.4) is 0 Å². The number of amidine groups is 1. The average molecular weight is 423 g/mol. The van der Waals surface area contributed by atoms with Crippen LogP contribution in [0.4, 0.5) is 24.5 Å². The lowest BCUT2D eigenvalue weighted by atomic mass is 10.2. The highest BCUT2D eigenvalue weighted by molar-refractivity contribution is 8.15. The molecule has 1 heterocycles. The molecule has 0 spiro atoms. The van der Waals surface area contributed by atoms with Crippen molar-refractivity contribution in [3.05, 3.63) is 54.1 Å². The van der Waals surface area contributed by atoms with E-state index in [4.69, 9.17) is 4.74 Å². The normalized spacial score (nSPS) is 17.9. The molecule has 10 heteroatoms. The zero-order valence-corrected chi connectivity index (χ0v) is 15.9. The first-order valence-corrected chi connectivity index (χ1v) is 9.31. The minimum absolute atomic E-state index is 0.0155. The van der Waals surface area contributed by atoms with Crippen molar-refractivity contribution in [2.45, 2.75) is 17.8 Å². The van der Waals surface area contributed by atoms with Crippen LogP contribution in [0.25, 0.3) is 0 Å². The van der Waals surface area contributed by atoms with Crippen LogP contribution in [-0.2, 0) is 15.8 Å². The SMILES string of the molecule is COc1ccccc1NC(=O)CC1SC(=Nc2ccccc2C(F)(F)F)NC1=O. The van der Waals surface area contributed by atoms with Crippen LogP contribution in [0.15, 0.2) is 53.5 Å². The molecule has 1 aliphatic rings. The van der Waals surface area contributed by atoms with Gasteiger partial charge in [0.25, 0.3) is 0 Å². The number of halogens is 3. The maximum Gasteiger partial charge on any atom is 0.418 e. The molecule has 0 bridgehead atoms. The van der Waals surface area contributed by atoms with E-state index < -0.39 is 28.8 Å². The Morgan fingerprint density at radius 1 is 1.21 bits per heavy atom. The number of hydrogen-bond donors (Lipinski definition) is 2. The van der Waals surface area contributed by atoms with Crippen molar-refractivity contribution in [2.75, 3.05) is 12.4 Å². The molecular formula is C19H16F3N3O3S. The van der Waals surface area contributed by atoms with Gasteiger partial charge in [0.15, 0.2) is 5.17 Å². The first-order chi connectivity index (χ1) is 13.8. The first-order valence-electron chi connectivity index (χ1n) is 8.43. The van der Waals surface area contributed by atoms with Crippen LogP contribution in [0.1, 0.15) is 12.0 Å². The molecule has 3 rings (SSSR count). The average Bonchev–Trinajstić information content (AvgIpc) is 3.00. The van der Waals surface area contributed by atoms with E-state index in [1.165, 1.54) is 25.3 Å². The quantitative estimate of drug-likeness (QED) is 0.763. The van der Waals surface area contributed by atoms with E-state index in [0.717, 1.165) is 17.8 Å². The van der Waals surface area contributed by atoms with Gasteiger partial charge in [-0.3, -0.25) is 9.59 Å². The van der Waals surface area contributed by atoms with Crippen molar-refractivity contribution < 1.29 is 27.5 Å². The molecular weight excluding hydrogens is 407 g/mol. The van der Waals surface area contributed by atoms with Gasteiger partial charge in [-0.25, -0.2) is 4.99 Å². The van der Waals surface area contributed by atoms with Gasteiger partial charge in [0.1, 0.15) is 11.0 Å². The molecule has 1 atom stereocenters. The molecule has 2 amide bonds. The second kappa shape index (κ2) is 8.56. The molecule has 2 aromatic carbocycles. The van der Waals surface area contributed by atoms with Gasteiger partial charge >= 0.3 is 6.18 Å². The minimum Gasteiger partial charge on any atom is -0.495 e. The zero-order chi connectivity index (χ0) is 21.0. The Hall–Kier alpha value is -3.01. The topological polar surface area (TPSA) is 79.8 Å². The van der Waals surface area contributed by atoms with Crippen molar-refractivity contribution in [3.63, 3.8) is 0 Å². The van der Waals surface area contributed by atoms with Crippen molar-refractivity contribution in [2.24, 2.45) is 4.99 Å². The Bertz CT molecular complexity index is 963. The second-order valence-corrected chi connectivity index (χ2v) is 7.17. The molecule has 1 aliphatic heterocycles. The lowest BCUT2D eigenvalue weighted by Gasteiger charge is -2.11. The predicted octanol–water partition coefficient (Wildman–Crippen LogP) is 3.96. The highest BCUT2D eigenvalue weighted by Gasteiger charge is 2.35. The van der Waals surface area contributed by atoms with Crippen LogP contribution >= 0.6 is 11.8 Å². The van der Waals surface area contributed by atoms with Gasteiger partial charge in [-0.15, -0.1) is 0 Å². The third kappa shape index (κ3) is 5.08. The molecule has 6 nitrogen and oxygen atoms in total. The summed E-state index contributed by atoms with van der Waals surface area (Å²) in [5.41, 5.74) is -0.752. The molecule has 1 fully saturated rings. The zero-order valence-electron chi connectivity index (χ0n) is 15.1. The van der Waals surface area contributed by atoms with Crippen LogP contribution < -0.4 is 15.4 Å². The number of nitrogens with one attached hydrogen (secondary N) is 2. The number of carbonyl (C=O) groups is 2. The highest BCUT2D eigenvalue weighted by Crippen LogP contribution is 2.37. The molecule has 0 aromatic heterocycles. The molecule has 1 unspecified atom stereocenters. The maximum atomic E-state index is 13.1. The first kappa shape index (κ1) is 20.7. The summed E-state index contributed by atoms with van der Waals surface area (Å²) in [5.74, 6) is -0.456. The number of carbonyl (C=O) groups excluding carboxylic acids is 2. The molecule has 2 aromatic rings. The number of hydrogen-bond acceptors (Lipinski definition) is 5. The Balaban J connectivity index is 1.70. The van der Waals surface area contributed by atoms with Gasteiger partial charge in [0, 0.05) is 6.42 Å². The lowest BCUT2D eigenvalue weighted by molar-refractivity contribution is -0.137. The largest absolute Gasteiger partial charge is 0.495 e. The molecule has 2 N–H and O–H groups in total. The standard InChI is InChI=1S/C19H16F3N3O3S/c1-28-14-9-5-4-8-13(14)23-16(26)10-15-17(27)25-18(29-15)24-12-7-3-2-6-11(12)19(20,21)22/h2-9,15H,10H2,1H3,(H,23,26)(H,24,25,27). The summed E-state index contributed by atoms with van der Waals surface area (Å²) in [4.78, 5) is 28.3. The summed E-state index contributed by atoms with van der Waals surface area (Å²) in [6.45, 7) is 0. The maximum absolute atomic E-state index is 13.1. The lowest BCUT2D eigenvalue weighted by Crippen LogP contribution is -2.28. The number of benzene rings is 2. The number of para-hydroxylation sites is 3. The van der Waals surface area contributed by atoms with Crippen LogP contribution in [-0.4, -0.2) is 29.3 Å². The van der Waals surface area contributed by atoms with Crippen molar-refractivity contribution in [1.29, 1.82) is 0 Å². The fourth-order valence-corrected chi connectivity index (χ4v) is 3.61. The Morgan fingerprint density at radius 3 is 2.62 bits per heavy atom. The van der Waals surface area contributed by atoms with E-state index in [0.29, 0.717) is 11.4 Å². The van der Waals surface area contributed by atoms with Gasteiger partial charge in [-0.1, -0.05) is 36.0 Å². The van der Waals surface area contributed by atoms with Gasteiger partial charge in [0.05, 0.1) is 24.0 Å². The number of aliphatic imine (C=N–C) groups is 1. The molecule has 1 saturated heterocycles. The summed E-state index contributed by atoms with van der Waals surface area (Å²) in [5, 5.41) is 4.29. The number of amides is 2. The van der Waals surface area contributed by atoms with Gasteiger partial charge < -0.3 is 15.4 Å². The number of anilines is 1. The fourth-order valence-electron chi connectivity index (χ4n) is 2.63. The van der Waals surface area contributed by atoms with Crippen molar-refractivity contribution in [3.8, 4) is 5.75 Å². The Kier molecular flexibility index (Phi) is 6.12. The highest BCUT2D eigenvalue weighted by atomic mass is 32.2. The van der Waals surface area contributed by atoms with E-state index in [1.807, 2.05) is 0 Å². The fraction of sp³-hybridized carbons (Fsp3) is 0.211. The van der Waals surface area contributed by atoms with Crippen molar-refractivity contribution in [1.82, 2.24) is 5.32 Å². The third-order valence-corrected chi connectivity index (χ3v) is 5.04. The monoisotopic (exact) mass is 423 g/mol. The number of rotatable bonds is 5. The van der Waals surface area contributed by atoms with Gasteiger partial charge in [-0.05, 0) is 24.3 Å². The summed E-state index contributed by atoms with van der Waals surface area (Å²) >= 11 is 0.912. The van der Waals surface area contributed by atoms with Crippen LogP contribution in [0.5, 0.6) is 5.75 Å². The molecule has 29 heavy (non-hydrogen) atoms. The second-order valence-electron chi connectivity index (χ2n) is 5.98. The third-order valence-electron chi connectivity index (χ3n) is 3.96. The Labute approximate surface area is 168 Å². The minimum atomic E-state index is -4.57. The predicted molar refractivity (Wildman–Crippen MR) is 104 cm³/mol. The van der Waals surface area contributed by atoms with Gasteiger partial charge in [-0.2, -0.15) is 13.2 Å². The van der Waals surface area contributed by atoms with Crippen LogP contribution in [0, 0.1) is 0 Å². The number of alkyl halides is 3. The van der Waals surface area contributed by atoms with E-state index in [-0.39, 0.29) is 17.3 Å². The smallest absolute Gasteiger partial charge is 0.418 e. The summed E-state index contributed by atoms with van der Waals surface area (Å²) in [6, 6.07) is 11.6. The number of thioether (sulfide) groups is 1. The molecule has 0 aliphatic carbocycles. The van der Waals surface area contributed by atoms with Gasteiger partial charge in [0.2, 0.25) is 11.8 Å². The van der Waals surface area contributed by atoms with E-state index in [9.17, 15) is 22.8 Å². The van der Waals surface area contributed by atoms with E-state index in [1.54, 1.807) is 24.3 Å². The number of nitrogens with zero attached hydrogens (tertiary/aromatic N) is 1. The number of ether oxygens (including phenoxy) is 1. The van der Waals surface area contributed by atoms with Crippen LogP contribution in [0.2, 0.25) is 0 Å². The van der Waals surface area contributed by atoms with E-state index >= 15 is 0 Å². The Morgan fingerprint density at radius 2 is 1.90 bits per heavy atom. The van der Waals surface area contributed by atoms with E-state index in [2.05, 4.69) is 15.6 Å². The number of methoxy groups -OCH3 is 1. The summed E-state index contributed by atoms with van der Waals surface area (Å²) in [7, 11) is 1.47.